The normalized spacial score (nSPS) is 46.1. The standard InChI is InChI=1S/C9H14O/c1-9-5-3-2-4-7(9)8(10)6-9/h7H,2-6H2,1H3/t7-,9+/m0/s1. The molecule has 1 heteroatoms. The summed E-state index contributed by atoms with van der Waals surface area (Å²) in [6, 6.07) is 0. The van der Waals surface area contributed by atoms with Gasteiger partial charge in [0.1, 0.15) is 5.78 Å². The molecule has 10 heavy (non-hydrogen) atoms. The van der Waals surface area contributed by atoms with Crippen LogP contribution in [-0.4, -0.2) is 5.78 Å². The Hall–Kier alpha value is -0.330. The molecule has 0 aromatic carbocycles. The predicted octanol–water partition coefficient (Wildman–Crippen LogP) is 2.16. The number of Topliss-reactive ketones (excluding diaryl/α,β-unsaturated/α-hetero) is 1. The van der Waals surface area contributed by atoms with Crippen LogP contribution in [0.15, 0.2) is 0 Å². The van der Waals surface area contributed by atoms with Gasteiger partial charge in [-0.3, -0.25) is 4.79 Å². The lowest BCUT2D eigenvalue weighted by molar-refractivity contribution is -0.145. The molecule has 0 aromatic rings. The van der Waals surface area contributed by atoms with Crippen LogP contribution in [0.4, 0.5) is 0 Å². The van der Waals surface area contributed by atoms with E-state index in [-0.39, 0.29) is 0 Å². The van der Waals surface area contributed by atoms with E-state index in [1.807, 2.05) is 0 Å². The molecular weight excluding hydrogens is 124 g/mol. The summed E-state index contributed by atoms with van der Waals surface area (Å²) in [5, 5.41) is 0. The smallest absolute Gasteiger partial charge is 0.137 e. The highest BCUT2D eigenvalue weighted by molar-refractivity contribution is 5.88. The average molecular weight is 138 g/mol. The lowest BCUT2D eigenvalue weighted by Crippen LogP contribution is -2.48. The molecule has 0 N–H and O–H groups in total. The Morgan fingerprint density at radius 1 is 1.50 bits per heavy atom. The molecule has 56 valence electrons. The van der Waals surface area contributed by atoms with Gasteiger partial charge in [-0.2, -0.15) is 0 Å². The van der Waals surface area contributed by atoms with Crippen molar-refractivity contribution in [1.29, 1.82) is 0 Å². The molecule has 2 atom stereocenters. The van der Waals surface area contributed by atoms with Crippen molar-refractivity contribution in [2.24, 2.45) is 11.3 Å². The van der Waals surface area contributed by atoms with Crippen molar-refractivity contribution >= 4 is 5.78 Å². The lowest BCUT2D eigenvalue weighted by atomic mass is 9.54. The summed E-state index contributed by atoms with van der Waals surface area (Å²) in [7, 11) is 0. The van der Waals surface area contributed by atoms with E-state index in [4.69, 9.17) is 0 Å². The summed E-state index contributed by atoms with van der Waals surface area (Å²) in [6.45, 7) is 2.28. The van der Waals surface area contributed by atoms with E-state index in [1.54, 1.807) is 0 Å². The summed E-state index contributed by atoms with van der Waals surface area (Å²) >= 11 is 0. The van der Waals surface area contributed by atoms with E-state index < -0.39 is 0 Å². The third-order valence-corrected chi connectivity index (χ3v) is 3.30. The first-order valence-corrected chi connectivity index (χ1v) is 4.25. The zero-order valence-corrected chi connectivity index (χ0v) is 6.52. The number of ketones is 1. The Kier molecular flexibility index (Phi) is 1.17. The fourth-order valence-electron chi connectivity index (χ4n) is 2.55. The van der Waals surface area contributed by atoms with E-state index in [9.17, 15) is 4.79 Å². The zero-order chi connectivity index (χ0) is 7.19. The molecule has 0 spiro atoms. The minimum atomic E-state index is 0.440. The maximum Gasteiger partial charge on any atom is 0.137 e. The highest BCUT2D eigenvalue weighted by atomic mass is 16.1. The van der Waals surface area contributed by atoms with Gasteiger partial charge in [0.25, 0.3) is 0 Å². The van der Waals surface area contributed by atoms with Gasteiger partial charge < -0.3 is 0 Å². The van der Waals surface area contributed by atoms with Crippen molar-refractivity contribution < 1.29 is 4.79 Å². The van der Waals surface area contributed by atoms with E-state index in [1.165, 1.54) is 25.7 Å². The van der Waals surface area contributed by atoms with E-state index in [2.05, 4.69) is 6.92 Å². The van der Waals surface area contributed by atoms with Crippen molar-refractivity contribution in [3.8, 4) is 0 Å². The van der Waals surface area contributed by atoms with Crippen LogP contribution >= 0.6 is 0 Å². The van der Waals surface area contributed by atoms with Crippen molar-refractivity contribution in [3.63, 3.8) is 0 Å². The summed E-state index contributed by atoms with van der Waals surface area (Å²) in [6.07, 6.45) is 5.97. The zero-order valence-electron chi connectivity index (χ0n) is 6.52. The van der Waals surface area contributed by atoms with Gasteiger partial charge >= 0.3 is 0 Å². The van der Waals surface area contributed by atoms with Crippen LogP contribution in [-0.2, 0) is 4.79 Å². The first-order valence-electron chi connectivity index (χ1n) is 4.25. The van der Waals surface area contributed by atoms with E-state index in [0.29, 0.717) is 17.1 Å². The van der Waals surface area contributed by atoms with Crippen LogP contribution in [0.2, 0.25) is 0 Å². The third kappa shape index (κ3) is 0.664. The Balaban J connectivity index is 2.13. The minimum absolute atomic E-state index is 0.440. The minimum Gasteiger partial charge on any atom is -0.299 e. The first-order chi connectivity index (χ1) is 4.72. The molecule has 0 amide bonds. The average Bonchev–Trinajstić information content (AvgIpc) is 1.86. The van der Waals surface area contributed by atoms with Gasteiger partial charge in [0.05, 0.1) is 0 Å². The Bertz CT molecular complexity index is 174. The van der Waals surface area contributed by atoms with Crippen molar-refractivity contribution in [2.45, 2.75) is 39.0 Å². The van der Waals surface area contributed by atoms with E-state index >= 15 is 0 Å². The predicted molar refractivity (Wildman–Crippen MR) is 39.7 cm³/mol. The van der Waals surface area contributed by atoms with Gasteiger partial charge in [0.15, 0.2) is 0 Å². The van der Waals surface area contributed by atoms with Crippen LogP contribution < -0.4 is 0 Å². The second kappa shape index (κ2) is 1.84. The van der Waals surface area contributed by atoms with E-state index in [0.717, 1.165) is 6.42 Å². The summed E-state index contributed by atoms with van der Waals surface area (Å²) in [5.74, 6) is 0.989. The molecule has 2 saturated carbocycles. The van der Waals surface area contributed by atoms with Gasteiger partial charge in [0.2, 0.25) is 0 Å². The fourth-order valence-corrected chi connectivity index (χ4v) is 2.55. The number of carbonyl (C=O) groups is 1. The fraction of sp³-hybridized carbons (Fsp3) is 0.889. The topological polar surface area (TPSA) is 17.1 Å². The van der Waals surface area contributed by atoms with Crippen LogP contribution in [0.1, 0.15) is 39.0 Å². The number of rotatable bonds is 0. The number of carbonyl (C=O) groups excluding carboxylic acids is 1. The molecule has 0 bridgehead atoms. The number of hydrogen-bond acceptors (Lipinski definition) is 1. The maximum absolute atomic E-state index is 11.1. The molecular formula is C9H14O. The molecule has 0 heterocycles. The molecule has 2 aliphatic carbocycles. The summed E-state index contributed by atoms with van der Waals surface area (Å²) in [5.41, 5.74) is 0.440. The van der Waals surface area contributed by atoms with Crippen LogP contribution in [0.25, 0.3) is 0 Å². The van der Waals surface area contributed by atoms with Gasteiger partial charge in [-0.25, -0.2) is 0 Å². The molecule has 0 saturated heterocycles. The van der Waals surface area contributed by atoms with Gasteiger partial charge in [-0.15, -0.1) is 0 Å². The largest absolute Gasteiger partial charge is 0.299 e. The Morgan fingerprint density at radius 3 is 2.80 bits per heavy atom. The van der Waals surface area contributed by atoms with Crippen molar-refractivity contribution in [2.75, 3.05) is 0 Å². The molecule has 0 aromatic heterocycles. The van der Waals surface area contributed by atoms with Gasteiger partial charge in [-0.05, 0) is 18.3 Å². The molecule has 2 rings (SSSR count). The Morgan fingerprint density at radius 2 is 2.30 bits per heavy atom. The van der Waals surface area contributed by atoms with Gasteiger partial charge in [0, 0.05) is 12.3 Å². The SMILES string of the molecule is C[C@]12CCCC[C@H]1C(=O)C2. The first kappa shape index (κ1) is 6.38. The monoisotopic (exact) mass is 138 g/mol. The summed E-state index contributed by atoms with van der Waals surface area (Å²) in [4.78, 5) is 11.1. The molecule has 2 aliphatic rings. The quantitative estimate of drug-likeness (QED) is 0.501. The number of hydrogen-bond donors (Lipinski definition) is 0. The van der Waals surface area contributed by atoms with Crippen molar-refractivity contribution in [3.05, 3.63) is 0 Å². The van der Waals surface area contributed by atoms with Gasteiger partial charge in [-0.1, -0.05) is 19.8 Å². The van der Waals surface area contributed by atoms with Crippen LogP contribution in [0.5, 0.6) is 0 Å². The summed E-state index contributed by atoms with van der Waals surface area (Å²) < 4.78 is 0. The third-order valence-electron chi connectivity index (χ3n) is 3.30. The molecule has 0 aliphatic heterocycles. The van der Waals surface area contributed by atoms with Crippen LogP contribution in [0.3, 0.4) is 0 Å². The lowest BCUT2D eigenvalue weighted by Gasteiger charge is -2.48. The molecule has 2 fully saturated rings. The molecule has 0 unspecified atom stereocenters. The van der Waals surface area contributed by atoms with Crippen LogP contribution in [0, 0.1) is 11.3 Å². The maximum atomic E-state index is 11.1. The second-order valence-corrected chi connectivity index (χ2v) is 4.10. The highest BCUT2D eigenvalue weighted by Crippen LogP contribution is 2.52. The number of fused-ring (bicyclic) bond motifs is 1. The molecule has 0 radical (unpaired) electrons. The Labute approximate surface area is 61.8 Å². The highest BCUT2D eigenvalue weighted by Gasteiger charge is 2.50. The second-order valence-electron chi connectivity index (χ2n) is 4.10. The van der Waals surface area contributed by atoms with Crippen molar-refractivity contribution in [1.82, 2.24) is 0 Å². The molecule has 1 nitrogen and oxygen atoms in total.